The van der Waals surface area contributed by atoms with Crippen LogP contribution >= 0.6 is 0 Å². The fourth-order valence-corrected chi connectivity index (χ4v) is 4.23. The molecule has 37 heavy (non-hydrogen) atoms. The quantitative estimate of drug-likeness (QED) is 0.162. The average molecular weight is 494 g/mol. The molecule has 4 aromatic rings. The average Bonchev–Trinajstić information content (AvgIpc) is 3.33. The van der Waals surface area contributed by atoms with Crippen LogP contribution in [0.4, 0.5) is 11.4 Å². The third-order valence-electron chi connectivity index (χ3n) is 5.95. The summed E-state index contributed by atoms with van der Waals surface area (Å²) in [6.07, 6.45) is 4.29. The van der Waals surface area contributed by atoms with E-state index in [0.717, 1.165) is 58.4 Å². The van der Waals surface area contributed by atoms with Crippen molar-refractivity contribution in [2.75, 3.05) is 23.7 Å². The molecule has 5 nitrogen and oxygen atoms in total. The number of likely N-dealkylation sites (N-methyl/N-ethyl adjacent to an activating group) is 1. The van der Waals surface area contributed by atoms with Crippen LogP contribution in [0.5, 0.6) is 0 Å². The second-order valence-corrected chi connectivity index (χ2v) is 9.89. The maximum absolute atomic E-state index is 5.09. The Morgan fingerprint density at radius 2 is 1.27 bits per heavy atom. The van der Waals surface area contributed by atoms with Crippen LogP contribution < -0.4 is 16.0 Å². The van der Waals surface area contributed by atoms with Crippen LogP contribution in [0.15, 0.2) is 78.9 Å². The van der Waals surface area contributed by atoms with Crippen molar-refractivity contribution in [3.05, 3.63) is 84.4 Å². The highest BCUT2D eigenvalue weighted by atomic mass is 14.9. The number of aromatic nitrogens is 2. The minimum Gasteiger partial charge on any atom is -0.383 e. The van der Waals surface area contributed by atoms with Crippen molar-refractivity contribution >= 4 is 17.5 Å². The van der Waals surface area contributed by atoms with E-state index >= 15 is 0 Å². The third-order valence-corrected chi connectivity index (χ3v) is 5.95. The van der Waals surface area contributed by atoms with Gasteiger partial charge in [0, 0.05) is 46.7 Å². The van der Waals surface area contributed by atoms with Gasteiger partial charge in [0.1, 0.15) is 5.82 Å². The molecule has 0 aliphatic carbocycles. The standard InChI is InChI=1S/C32H39N5/c1-6-33-21-7-8-24-9-11-27(12-10-24)32-36-30(25-13-17-28(18-14-25)34-22(2)3)31(37-32)26-15-19-29(20-16-26)35-23(4)5/h7-20,22-23,33-35H,6,21H2,1-5H3,(H,36,37)/b8-7+. The number of imidazole rings is 1. The molecule has 0 unspecified atom stereocenters. The van der Waals surface area contributed by atoms with E-state index in [1.54, 1.807) is 0 Å². The number of H-pyrrole nitrogens is 1. The molecule has 1 aromatic heterocycles. The van der Waals surface area contributed by atoms with Crippen LogP contribution in [-0.4, -0.2) is 35.1 Å². The van der Waals surface area contributed by atoms with Crippen molar-refractivity contribution < 1.29 is 0 Å². The van der Waals surface area contributed by atoms with Gasteiger partial charge in [0.05, 0.1) is 11.4 Å². The summed E-state index contributed by atoms with van der Waals surface area (Å²) < 4.78 is 0. The second-order valence-electron chi connectivity index (χ2n) is 9.89. The Morgan fingerprint density at radius 3 is 1.81 bits per heavy atom. The number of rotatable bonds is 11. The van der Waals surface area contributed by atoms with Crippen molar-refractivity contribution in [2.45, 2.75) is 46.7 Å². The molecule has 5 heteroatoms. The van der Waals surface area contributed by atoms with Crippen LogP contribution in [0, 0.1) is 0 Å². The first kappa shape index (κ1) is 26.2. The molecule has 0 spiro atoms. The highest BCUT2D eigenvalue weighted by Crippen LogP contribution is 2.34. The van der Waals surface area contributed by atoms with Crippen LogP contribution in [-0.2, 0) is 0 Å². The van der Waals surface area contributed by atoms with Crippen molar-refractivity contribution in [2.24, 2.45) is 0 Å². The first-order valence-electron chi connectivity index (χ1n) is 13.2. The molecule has 0 bridgehead atoms. The fourth-order valence-electron chi connectivity index (χ4n) is 4.23. The number of hydrogen-bond acceptors (Lipinski definition) is 4. The normalized spacial score (nSPS) is 11.5. The lowest BCUT2D eigenvalue weighted by Crippen LogP contribution is -2.11. The van der Waals surface area contributed by atoms with Gasteiger partial charge < -0.3 is 20.9 Å². The lowest BCUT2D eigenvalue weighted by molar-refractivity contribution is 0.801. The monoisotopic (exact) mass is 493 g/mol. The Kier molecular flexibility index (Phi) is 8.81. The minimum absolute atomic E-state index is 0.386. The predicted octanol–water partition coefficient (Wildman–Crippen LogP) is 7.67. The van der Waals surface area contributed by atoms with E-state index in [2.05, 4.69) is 141 Å². The lowest BCUT2D eigenvalue weighted by atomic mass is 10.0. The summed E-state index contributed by atoms with van der Waals surface area (Å²) in [6, 6.07) is 26.4. The molecule has 0 saturated carbocycles. The molecular weight excluding hydrogens is 454 g/mol. The molecule has 0 atom stereocenters. The van der Waals surface area contributed by atoms with Gasteiger partial charge in [0.2, 0.25) is 0 Å². The summed E-state index contributed by atoms with van der Waals surface area (Å²) in [5.41, 5.74) is 8.62. The molecule has 0 aliphatic heterocycles. The van der Waals surface area contributed by atoms with Gasteiger partial charge in [0.15, 0.2) is 0 Å². The van der Waals surface area contributed by atoms with Gasteiger partial charge >= 0.3 is 0 Å². The number of aromatic amines is 1. The fraction of sp³-hybridized carbons (Fsp3) is 0.281. The first-order chi connectivity index (χ1) is 17.9. The summed E-state index contributed by atoms with van der Waals surface area (Å²) in [5, 5.41) is 10.2. The Bertz CT molecular complexity index is 1210. The van der Waals surface area contributed by atoms with Crippen LogP contribution in [0.2, 0.25) is 0 Å². The van der Waals surface area contributed by atoms with Crippen LogP contribution in [0.1, 0.15) is 40.2 Å². The van der Waals surface area contributed by atoms with E-state index in [4.69, 9.17) is 4.98 Å². The van der Waals surface area contributed by atoms with Gasteiger partial charge in [-0.1, -0.05) is 67.6 Å². The summed E-state index contributed by atoms with van der Waals surface area (Å²) in [4.78, 5) is 8.71. The van der Waals surface area contributed by atoms with Gasteiger partial charge in [-0.05, 0) is 64.1 Å². The molecule has 0 radical (unpaired) electrons. The number of benzene rings is 3. The molecule has 0 amide bonds. The van der Waals surface area contributed by atoms with Gasteiger partial charge in [-0.15, -0.1) is 0 Å². The number of anilines is 2. The van der Waals surface area contributed by atoms with E-state index in [-0.39, 0.29) is 0 Å². The van der Waals surface area contributed by atoms with Gasteiger partial charge in [-0.25, -0.2) is 4.98 Å². The molecule has 4 rings (SSSR count). The van der Waals surface area contributed by atoms with Crippen molar-refractivity contribution in [1.82, 2.24) is 15.3 Å². The summed E-state index contributed by atoms with van der Waals surface area (Å²) in [5.74, 6) is 0.863. The SMILES string of the molecule is CCNC/C=C/c1ccc(-c2nc(-c3ccc(NC(C)C)cc3)c(-c3ccc(NC(C)C)cc3)[nH]2)cc1. The summed E-state index contributed by atoms with van der Waals surface area (Å²) in [7, 11) is 0. The first-order valence-corrected chi connectivity index (χ1v) is 13.2. The molecular formula is C32H39N5. The van der Waals surface area contributed by atoms with E-state index in [1.807, 2.05) is 0 Å². The van der Waals surface area contributed by atoms with Crippen LogP contribution in [0.25, 0.3) is 40.0 Å². The zero-order chi connectivity index (χ0) is 26.2. The van der Waals surface area contributed by atoms with Gasteiger partial charge in [-0.2, -0.15) is 0 Å². The highest BCUT2D eigenvalue weighted by molar-refractivity contribution is 5.82. The van der Waals surface area contributed by atoms with E-state index in [0.29, 0.717) is 12.1 Å². The predicted molar refractivity (Wildman–Crippen MR) is 160 cm³/mol. The smallest absolute Gasteiger partial charge is 0.138 e. The Balaban J connectivity index is 1.68. The van der Waals surface area contributed by atoms with E-state index < -0.39 is 0 Å². The highest BCUT2D eigenvalue weighted by Gasteiger charge is 2.16. The van der Waals surface area contributed by atoms with Crippen LogP contribution in [0.3, 0.4) is 0 Å². The van der Waals surface area contributed by atoms with Crippen molar-refractivity contribution in [1.29, 1.82) is 0 Å². The minimum atomic E-state index is 0.386. The number of nitrogens with one attached hydrogen (secondary N) is 4. The zero-order valence-electron chi connectivity index (χ0n) is 22.6. The molecule has 192 valence electrons. The molecule has 0 saturated heterocycles. The number of nitrogens with zero attached hydrogens (tertiary/aromatic N) is 1. The Morgan fingerprint density at radius 1 is 0.730 bits per heavy atom. The second kappa shape index (κ2) is 12.4. The van der Waals surface area contributed by atoms with Crippen molar-refractivity contribution in [3.8, 4) is 33.9 Å². The van der Waals surface area contributed by atoms with Gasteiger partial charge in [0.25, 0.3) is 0 Å². The Hall–Kier alpha value is -3.83. The largest absolute Gasteiger partial charge is 0.383 e. The van der Waals surface area contributed by atoms with E-state index in [1.165, 1.54) is 5.56 Å². The molecule has 3 aromatic carbocycles. The summed E-state index contributed by atoms with van der Waals surface area (Å²) in [6.45, 7) is 12.5. The van der Waals surface area contributed by atoms with E-state index in [9.17, 15) is 0 Å². The topological polar surface area (TPSA) is 64.8 Å². The van der Waals surface area contributed by atoms with Gasteiger partial charge in [-0.3, -0.25) is 0 Å². The Labute approximate surface area is 221 Å². The summed E-state index contributed by atoms with van der Waals surface area (Å²) >= 11 is 0. The zero-order valence-corrected chi connectivity index (χ0v) is 22.6. The maximum Gasteiger partial charge on any atom is 0.138 e. The maximum atomic E-state index is 5.09. The molecule has 0 aliphatic rings. The number of hydrogen-bond donors (Lipinski definition) is 4. The molecule has 0 fully saturated rings. The molecule has 1 heterocycles. The van der Waals surface area contributed by atoms with Crippen molar-refractivity contribution in [3.63, 3.8) is 0 Å². The molecule has 4 N–H and O–H groups in total. The lowest BCUT2D eigenvalue weighted by Gasteiger charge is -2.11. The third kappa shape index (κ3) is 7.11.